The van der Waals surface area contributed by atoms with E-state index < -0.39 is 23.9 Å². The highest BCUT2D eigenvalue weighted by molar-refractivity contribution is 6.32. The molecule has 0 bridgehead atoms. The zero-order chi connectivity index (χ0) is 28.1. The number of likely N-dealkylation sites (tertiary alicyclic amines) is 1. The van der Waals surface area contributed by atoms with Crippen LogP contribution in [0.1, 0.15) is 96.5 Å². The van der Waals surface area contributed by atoms with Gasteiger partial charge in [0.2, 0.25) is 11.8 Å². The molecule has 4 atom stereocenters. The van der Waals surface area contributed by atoms with Crippen molar-refractivity contribution in [1.29, 1.82) is 0 Å². The first-order chi connectivity index (χ1) is 18.8. The Labute approximate surface area is 237 Å². The van der Waals surface area contributed by atoms with Crippen molar-refractivity contribution in [3.05, 3.63) is 45.5 Å². The molecule has 1 saturated carbocycles. The van der Waals surface area contributed by atoms with Gasteiger partial charge in [-0.15, -0.1) is 0 Å². The molecule has 2 amide bonds. The highest BCUT2D eigenvalue weighted by Crippen LogP contribution is 2.48. The van der Waals surface area contributed by atoms with Gasteiger partial charge in [-0.3, -0.25) is 14.5 Å². The van der Waals surface area contributed by atoms with Crippen LogP contribution in [0.15, 0.2) is 34.9 Å². The average molecular weight is 558 g/mol. The summed E-state index contributed by atoms with van der Waals surface area (Å²) >= 11 is 6.34. The summed E-state index contributed by atoms with van der Waals surface area (Å²) in [5.74, 6) is -1.65. The summed E-state index contributed by atoms with van der Waals surface area (Å²) in [5.41, 5.74) is 3.79. The number of imide groups is 1. The summed E-state index contributed by atoms with van der Waals surface area (Å²) < 4.78 is 0. The molecule has 1 aromatic carbocycles. The van der Waals surface area contributed by atoms with Gasteiger partial charge in [-0.1, -0.05) is 74.8 Å². The maximum Gasteiger partial charge on any atom is 0.234 e. The SMILES string of the molecule is CCCC1=C([C@H](O)CC/C(=C/c2ccc(O)cc2Cl)CCC)[C@H](CO)[C@@H]2C(=O)N(C3CCCCC3)C(=O)[C@@H]2C1. The highest BCUT2D eigenvalue weighted by atomic mass is 35.5. The van der Waals surface area contributed by atoms with E-state index in [-0.39, 0.29) is 30.2 Å². The quantitative estimate of drug-likeness (QED) is 0.216. The van der Waals surface area contributed by atoms with Crippen molar-refractivity contribution in [2.75, 3.05) is 6.61 Å². The number of benzene rings is 1. The minimum Gasteiger partial charge on any atom is -0.508 e. The van der Waals surface area contributed by atoms with E-state index in [0.717, 1.165) is 80.1 Å². The number of carbonyl (C=O) groups excluding carboxylic acids is 2. The predicted octanol–water partition coefficient (Wildman–Crippen LogP) is 6.41. The number of aliphatic hydroxyl groups is 2. The fraction of sp³-hybridized carbons (Fsp3) is 0.625. The van der Waals surface area contributed by atoms with Crippen LogP contribution in [0.4, 0.5) is 0 Å². The van der Waals surface area contributed by atoms with Crippen molar-refractivity contribution in [2.45, 2.75) is 103 Å². The summed E-state index contributed by atoms with van der Waals surface area (Å²) in [6.45, 7) is 3.93. The fourth-order valence-corrected chi connectivity index (χ4v) is 7.37. The molecule has 1 saturated heterocycles. The molecule has 3 aliphatic rings. The fourth-order valence-electron chi connectivity index (χ4n) is 7.14. The second-order valence-electron chi connectivity index (χ2n) is 11.6. The number of allylic oxidation sites excluding steroid dienone is 2. The lowest BCUT2D eigenvalue weighted by Crippen LogP contribution is -2.42. The van der Waals surface area contributed by atoms with Crippen molar-refractivity contribution < 1.29 is 24.9 Å². The van der Waals surface area contributed by atoms with Gasteiger partial charge in [-0.05, 0) is 74.3 Å². The van der Waals surface area contributed by atoms with E-state index in [1.807, 2.05) is 6.08 Å². The van der Waals surface area contributed by atoms with Gasteiger partial charge in [0.05, 0.1) is 29.6 Å². The van der Waals surface area contributed by atoms with Crippen molar-refractivity contribution in [3.8, 4) is 5.75 Å². The molecule has 0 aromatic heterocycles. The maximum absolute atomic E-state index is 13.7. The number of hydrogen-bond donors (Lipinski definition) is 3. The van der Waals surface area contributed by atoms with Crippen LogP contribution in [0.3, 0.4) is 0 Å². The lowest BCUT2D eigenvalue weighted by atomic mass is 9.67. The van der Waals surface area contributed by atoms with Gasteiger partial charge < -0.3 is 15.3 Å². The molecule has 0 unspecified atom stereocenters. The maximum atomic E-state index is 13.7. The Morgan fingerprint density at radius 3 is 2.49 bits per heavy atom. The molecule has 0 spiro atoms. The van der Waals surface area contributed by atoms with Crippen LogP contribution in [0.5, 0.6) is 5.75 Å². The third kappa shape index (κ3) is 6.44. The predicted molar refractivity (Wildman–Crippen MR) is 154 cm³/mol. The normalized spacial score (nSPS) is 25.4. The van der Waals surface area contributed by atoms with E-state index in [1.54, 1.807) is 17.0 Å². The average Bonchev–Trinajstić information content (AvgIpc) is 3.17. The Morgan fingerprint density at radius 1 is 1.10 bits per heavy atom. The Morgan fingerprint density at radius 2 is 1.85 bits per heavy atom. The number of carbonyl (C=O) groups is 2. The van der Waals surface area contributed by atoms with Crippen molar-refractivity contribution in [2.24, 2.45) is 17.8 Å². The smallest absolute Gasteiger partial charge is 0.234 e. The molecule has 0 radical (unpaired) electrons. The van der Waals surface area contributed by atoms with Gasteiger partial charge in [-0.25, -0.2) is 0 Å². The summed E-state index contributed by atoms with van der Waals surface area (Å²) in [4.78, 5) is 28.8. The number of amides is 2. The first-order valence-corrected chi connectivity index (χ1v) is 15.2. The van der Waals surface area contributed by atoms with Gasteiger partial charge in [0.25, 0.3) is 0 Å². The number of rotatable bonds is 11. The van der Waals surface area contributed by atoms with Crippen LogP contribution < -0.4 is 0 Å². The molecule has 214 valence electrons. The molecular weight excluding hydrogens is 514 g/mol. The van der Waals surface area contributed by atoms with Crippen molar-refractivity contribution in [3.63, 3.8) is 0 Å². The number of halogens is 1. The Balaban J connectivity index is 1.57. The highest BCUT2D eigenvalue weighted by Gasteiger charge is 2.56. The van der Waals surface area contributed by atoms with Crippen LogP contribution in [0, 0.1) is 17.8 Å². The minimum absolute atomic E-state index is 0.0276. The Bertz CT molecular complexity index is 1110. The summed E-state index contributed by atoms with van der Waals surface area (Å²) in [6, 6.07) is 4.89. The van der Waals surface area contributed by atoms with E-state index in [2.05, 4.69) is 13.8 Å². The summed E-state index contributed by atoms with van der Waals surface area (Å²) in [7, 11) is 0. The van der Waals surface area contributed by atoms with Crippen molar-refractivity contribution in [1.82, 2.24) is 4.90 Å². The Hall–Kier alpha value is -2.15. The van der Waals surface area contributed by atoms with E-state index in [4.69, 9.17) is 11.6 Å². The topological polar surface area (TPSA) is 98.1 Å². The minimum atomic E-state index is -0.799. The van der Waals surface area contributed by atoms with E-state index in [1.165, 1.54) is 6.07 Å². The molecule has 1 aromatic rings. The second kappa shape index (κ2) is 13.5. The first kappa shape index (κ1) is 29.8. The molecule has 2 aliphatic carbocycles. The molecule has 2 fully saturated rings. The van der Waals surface area contributed by atoms with Crippen LogP contribution in [0.2, 0.25) is 5.02 Å². The van der Waals surface area contributed by atoms with Crippen LogP contribution in [-0.2, 0) is 9.59 Å². The van der Waals surface area contributed by atoms with Crippen molar-refractivity contribution >= 4 is 29.5 Å². The number of hydrogen-bond acceptors (Lipinski definition) is 5. The molecule has 7 heteroatoms. The van der Waals surface area contributed by atoms with Gasteiger partial charge in [0.15, 0.2) is 0 Å². The van der Waals surface area contributed by atoms with Gasteiger partial charge >= 0.3 is 0 Å². The molecule has 4 rings (SSSR count). The van der Waals surface area contributed by atoms with Crippen LogP contribution >= 0.6 is 11.6 Å². The molecular formula is C32H44ClNO5. The molecule has 6 nitrogen and oxygen atoms in total. The van der Waals surface area contributed by atoms with Gasteiger partial charge in [0, 0.05) is 12.0 Å². The standard InChI is InChI=1S/C32H44ClNO5/c1-3-8-20(16-21-13-14-24(36)18-27(21)33)12-15-28(37)29-22(9-4-2)17-25-30(26(29)19-35)32(39)34(31(25)38)23-10-6-5-7-11-23/h13-14,16,18,23,25-26,28,30,35-37H,3-12,15,17,19H2,1-2H3/b20-16+/t25-,26+,28-,30-/m1/s1. The lowest BCUT2D eigenvalue weighted by Gasteiger charge is -2.36. The zero-order valence-electron chi connectivity index (χ0n) is 23.4. The van der Waals surface area contributed by atoms with E-state index in [9.17, 15) is 24.9 Å². The largest absolute Gasteiger partial charge is 0.508 e. The number of nitrogens with zero attached hydrogens (tertiary/aromatic N) is 1. The lowest BCUT2D eigenvalue weighted by molar-refractivity contribution is -0.143. The number of phenols is 1. The van der Waals surface area contributed by atoms with Gasteiger partial charge in [-0.2, -0.15) is 0 Å². The number of aliphatic hydroxyl groups excluding tert-OH is 2. The number of fused-ring (bicyclic) bond motifs is 1. The zero-order valence-corrected chi connectivity index (χ0v) is 24.1. The summed E-state index contributed by atoms with van der Waals surface area (Å²) in [5, 5.41) is 32.3. The molecule has 39 heavy (non-hydrogen) atoms. The Kier molecular flexibility index (Phi) is 10.3. The van der Waals surface area contributed by atoms with Crippen LogP contribution in [0.25, 0.3) is 6.08 Å². The van der Waals surface area contributed by atoms with E-state index in [0.29, 0.717) is 24.3 Å². The van der Waals surface area contributed by atoms with Gasteiger partial charge in [0.1, 0.15) is 5.75 Å². The molecule has 1 heterocycles. The molecule has 1 aliphatic heterocycles. The number of phenolic OH excluding ortho intramolecular Hbond substituents is 1. The third-order valence-electron chi connectivity index (χ3n) is 8.92. The third-order valence-corrected chi connectivity index (χ3v) is 9.25. The van der Waals surface area contributed by atoms with Crippen LogP contribution in [-0.4, -0.2) is 50.8 Å². The first-order valence-electron chi connectivity index (χ1n) is 14.9. The monoisotopic (exact) mass is 557 g/mol. The second-order valence-corrected chi connectivity index (χ2v) is 12.0. The summed E-state index contributed by atoms with van der Waals surface area (Å²) in [6.07, 6.45) is 11.2. The van der Waals surface area contributed by atoms with E-state index >= 15 is 0 Å². The molecule has 3 N–H and O–H groups in total. The number of aromatic hydroxyl groups is 1.